The molecule has 7 heteroatoms. The van der Waals surface area contributed by atoms with Gasteiger partial charge in [-0.05, 0) is 73.7 Å². The number of carboxylic acids is 1. The fourth-order valence-electron chi connectivity index (χ4n) is 3.77. The topological polar surface area (TPSA) is 108 Å². The highest BCUT2D eigenvalue weighted by atomic mass is 16.4. The maximum atomic E-state index is 11.8. The highest BCUT2D eigenvalue weighted by Crippen LogP contribution is 2.38. The van der Waals surface area contributed by atoms with Crippen LogP contribution in [-0.4, -0.2) is 43.7 Å². The highest BCUT2D eigenvalue weighted by Gasteiger charge is 2.18. The number of hydrogen-bond acceptors (Lipinski definition) is 6. The smallest absolute Gasteiger partial charge is 0.307 e. The predicted molar refractivity (Wildman–Crippen MR) is 163 cm³/mol. The number of carboxylic acid groups (broad SMARTS) is 1. The lowest BCUT2D eigenvalue weighted by Crippen LogP contribution is -2.08. The number of aliphatic carboxylic acids is 1. The van der Waals surface area contributed by atoms with Crippen LogP contribution in [0.1, 0.15) is 32.8 Å². The number of nitrogens with zero attached hydrogens (tertiary/aromatic N) is 1. The van der Waals surface area contributed by atoms with Crippen molar-refractivity contribution in [1.82, 2.24) is 0 Å². The zero-order valence-corrected chi connectivity index (χ0v) is 23.4. The normalized spacial score (nSPS) is 9.82. The molecule has 0 aliphatic heterocycles. The summed E-state index contributed by atoms with van der Waals surface area (Å²) in [6.07, 6.45) is 12.3. The molecule has 4 rings (SSSR count). The van der Waals surface area contributed by atoms with Gasteiger partial charge in [-0.15, -0.1) is 19.4 Å². The van der Waals surface area contributed by atoms with E-state index in [4.69, 9.17) is 14.3 Å². The van der Waals surface area contributed by atoms with E-state index in [1.807, 2.05) is 69.3 Å². The third-order valence-electron chi connectivity index (χ3n) is 5.19. The molecule has 4 aromatic rings. The number of anilines is 1. The van der Waals surface area contributed by atoms with Gasteiger partial charge in [0, 0.05) is 49.1 Å². The molecule has 2 N–H and O–H groups in total. The lowest BCUT2D eigenvalue weighted by Gasteiger charge is -2.17. The molecule has 0 amide bonds. The Hall–Kier alpha value is -4.67. The van der Waals surface area contributed by atoms with E-state index in [1.54, 1.807) is 18.2 Å². The minimum absolute atomic E-state index is 0.0622. The zero-order chi connectivity index (χ0) is 30.1. The number of benzene rings is 3. The molecule has 206 valence electrons. The van der Waals surface area contributed by atoms with Gasteiger partial charge in [-0.3, -0.25) is 9.59 Å². The highest BCUT2D eigenvalue weighted by molar-refractivity contribution is 6.13. The molecule has 3 aromatic carbocycles. The number of aliphatic hydroxyl groups excluding tert-OH is 1. The molecule has 0 unspecified atom stereocenters. The first-order valence-electron chi connectivity index (χ1n) is 11.9. The second-order valence-electron chi connectivity index (χ2n) is 7.91. The minimum Gasteiger partial charge on any atom is -0.481 e. The fraction of sp³-hybridized carbons (Fsp3) is 0.219. The fourth-order valence-corrected chi connectivity index (χ4v) is 3.77. The number of aliphatic hydroxyl groups is 1. The second kappa shape index (κ2) is 17.7. The third kappa shape index (κ3) is 8.99. The average Bonchev–Trinajstić information content (AvgIpc) is 2.93. The predicted octanol–water partition coefficient (Wildman–Crippen LogP) is 6.30. The molecule has 0 fully saturated rings. The van der Waals surface area contributed by atoms with Gasteiger partial charge < -0.3 is 24.3 Å². The molecule has 0 bridgehead atoms. The zero-order valence-electron chi connectivity index (χ0n) is 23.4. The Balaban J connectivity index is 0.00000128. The van der Waals surface area contributed by atoms with Gasteiger partial charge in [0.05, 0.1) is 6.42 Å². The number of hydrogen-bond donors (Lipinski definition) is 2. The van der Waals surface area contributed by atoms with Gasteiger partial charge in [-0.1, -0.05) is 18.2 Å². The molecule has 0 radical (unpaired) electrons. The van der Waals surface area contributed by atoms with Gasteiger partial charge in [0.15, 0.2) is 5.43 Å². The van der Waals surface area contributed by atoms with Crippen molar-refractivity contribution in [3.8, 4) is 12.8 Å². The lowest BCUT2D eigenvalue weighted by molar-refractivity contribution is -0.135. The Morgan fingerprint density at radius 3 is 2.03 bits per heavy atom. The van der Waals surface area contributed by atoms with Crippen LogP contribution < -0.4 is 10.3 Å². The van der Waals surface area contributed by atoms with Crippen molar-refractivity contribution in [3.05, 3.63) is 83.0 Å². The van der Waals surface area contributed by atoms with Crippen LogP contribution in [0.25, 0.3) is 38.3 Å². The molecule has 39 heavy (non-hydrogen) atoms. The van der Waals surface area contributed by atoms with Crippen molar-refractivity contribution in [2.45, 2.75) is 27.2 Å². The first kappa shape index (κ1) is 34.3. The number of carbonyl (C=O) groups is 2. The van der Waals surface area contributed by atoms with E-state index >= 15 is 0 Å². The summed E-state index contributed by atoms with van der Waals surface area (Å²) in [6.45, 7) is 8.54. The Kier molecular flexibility index (Phi) is 15.6. The Morgan fingerprint density at radius 2 is 1.51 bits per heavy atom. The van der Waals surface area contributed by atoms with E-state index in [1.165, 1.54) is 13.0 Å². The van der Waals surface area contributed by atoms with Crippen LogP contribution in [-0.2, 0) is 9.59 Å². The van der Waals surface area contributed by atoms with Gasteiger partial charge in [0.2, 0.25) is 0 Å². The van der Waals surface area contributed by atoms with Crippen LogP contribution >= 0.6 is 0 Å². The quantitative estimate of drug-likeness (QED) is 0.105. The van der Waals surface area contributed by atoms with Gasteiger partial charge in [-0.25, -0.2) is 0 Å². The Bertz CT molecular complexity index is 1500. The summed E-state index contributed by atoms with van der Waals surface area (Å²) in [5, 5.41) is 19.7. The van der Waals surface area contributed by atoms with Crippen LogP contribution in [0.2, 0.25) is 0 Å². The van der Waals surface area contributed by atoms with Gasteiger partial charge in [0.25, 0.3) is 0 Å². The van der Waals surface area contributed by atoms with Crippen molar-refractivity contribution >= 4 is 56.2 Å². The van der Waals surface area contributed by atoms with Crippen LogP contribution in [0.3, 0.4) is 0 Å². The monoisotopic (exact) mass is 531 g/mol. The number of allylic oxidation sites excluding steroid dienone is 2. The van der Waals surface area contributed by atoms with E-state index in [0.717, 1.165) is 51.8 Å². The maximum absolute atomic E-state index is 11.8. The van der Waals surface area contributed by atoms with Crippen molar-refractivity contribution in [2.24, 2.45) is 0 Å². The molecular formula is C32H37NO6. The molecular weight excluding hydrogens is 494 g/mol. The summed E-state index contributed by atoms with van der Waals surface area (Å²) >= 11 is 0. The van der Waals surface area contributed by atoms with Crippen molar-refractivity contribution in [1.29, 1.82) is 0 Å². The van der Waals surface area contributed by atoms with E-state index in [2.05, 4.69) is 19.4 Å². The molecule has 0 aliphatic carbocycles. The van der Waals surface area contributed by atoms with E-state index in [0.29, 0.717) is 11.2 Å². The Morgan fingerprint density at radius 1 is 0.974 bits per heavy atom. The minimum atomic E-state index is -0.887. The van der Waals surface area contributed by atoms with Gasteiger partial charge in [0.1, 0.15) is 17.5 Å². The van der Waals surface area contributed by atoms with Crippen LogP contribution in [0.15, 0.2) is 76.5 Å². The van der Waals surface area contributed by atoms with Crippen molar-refractivity contribution in [3.63, 3.8) is 0 Å². The van der Waals surface area contributed by atoms with Gasteiger partial charge >= 0.3 is 5.97 Å². The number of rotatable bonds is 4. The molecule has 1 heterocycles. The van der Waals surface area contributed by atoms with E-state index in [9.17, 15) is 14.7 Å². The number of aldehydes is 1. The average molecular weight is 532 g/mol. The lowest BCUT2D eigenvalue weighted by atomic mass is 9.93. The van der Waals surface area contributed by atoms with Crippen molar-refractivity contribution < 1.29 is 24.2 Å². The standard InChI is InChI=1S/C24H21NO4.C3H6.C2H4O.C2H2.CH4O/c1-4-14(12-22(27)28)23-19-9-6-16(25(2)3)13-21(19)29-24-18-10-7-17(26)11-15(18)5-8-20(23)24;1-3-2;1-2-3;2*1-2/h4-11,13H,12H2,1-3H3,(H,27,28);3H,1H2,2H3;2H,1H3;1-2H;2H,1H3/b14-4+;;;;. The van der Waals surface area contributed by atoms with Gasteiger partial charge in [-0.2, -0.15) is 0 Å². The molecule has 1 aromatic heterocycles. The third-order valence-corrected chi connectivity index (χ3v) is 5.19. The molecule has 0 aliphatic rings. The summed E-state index contributed by atoms with van der Waals surface area (Å²) in [6, 6.07) is 14.6. The number of carbonyl (C=O) groups excluding carboxylic acids is 1. The number of terminal acetylenes is 1. The van der Waals surface area contributed by atoms with E-state index < -0.39 is 5.97 Å². The first-order chi connectivity index (χ1) is 18.7. The number of fused-ring (bicyclic) bond motifs is 4. The second-order valence-corrected chi connectivity index (χ2v) is 7.91. The molecule has 0 saturated carbocycles. The molecule has 0 spiro atoms. The summed E-state index contributed by atoms with van der Waals surface area (Å²) in [5.74, 6) is -0.887. The summed E-state index contributed by atoms with van der Waals surface area (Å²) in [4.78, 5) is 34.1. The summed E-state index contributed by atoms with van der Waals surface area (Å²) in [7, 11) is 4.91. The largest absolute Gasteiger partial charge is 0.481 e. The molecule has 0 atom stereocenters. The molecule has 0 saturated heterocycles. The van der Waals surface area contributed by atoms with Crippen LogP contribution in [0.4, 0.5) is 5.69 Å². The Labute approximate surface area is 229 Å². The first-order valence-corrected chi connectivity index (χ1v) is 11.9. The molecule has 7 nitrogen and oxygen atoms in total. The summed E-state index contributed by atoms with van der Waals surface area (Å²) in [5.41, 5.74) is 3.81. The van der Waals surface area contributed by atoms with Crippen LogP contribution in [0.5, 0.6) is 0 Å². The van der Waals surface area contributed by atoms with Crippen LogP contribution in [0, 0.1) is 12.8 Å². The summed E-state index contributed by atoms with van der Waals surface area (Å²) < 4.78 is 6.33. The maximum Gasteiger partial charge on any atom is 0.307 e. The SMILES string of the molecule is C#C.C/C=C(\CC(=O)O)c1c2ccc(N(C)C)cc2oc2c1ccc1cc(=O)ccc12.C=CC.CC=O.CO. The van der Waals surface area contributed by atoms with E-state index in [-0.39, 0.29) is 11.8 Å². The van der Waals surface area contributed by atoms with Crippen molar-refractivity contribution in [2.75, 3.05) is 26.1 Å².